The zero-order chi connectivity index (χ0) is 25.8. The first-order valence-electron chi connectivity index (χ1n) is 11.2. The van der Waals surface area contributed by atoms with E-state index in [4.69, 9.17) is 0 Å². The number of benzene rings is 2. The Morgan fingerprint density at radius 2 is 1.49 bits per heavy atom. The highest BCUT2D eigenvalue weighted by Gasteiger charge is 2.25. The monoisotopic (exact) mass is 523 g/mol. The molecule has 3 rings (SSSR count). The Labute approximate surface area is 207 Å². The average Bonchev–Trinajstić information content (AvgIpc) is 3.28. The van der Waals surface area contributed by atoms with Crippen LogP contribution >= 0.6 is 0 Å². The van der Waals surface area contributed by atoms with Crippen LogP contribution in [0.4, 0.5) is 5.69 Å². The van der Waals surface area contributed by atoms with E-state index in [0.29, 0.717) is 11.3 Å². The molecule has 12 heteroatoms. The summed E-state index contributed by atoms with van der Waals surface area (Å²) in [7, 11) is -5.76. The number of hydrogen-bond acceptors (Lipinski definition) is 7. The summed E-state index contributed by atoms with van der Waals surface area (Å²) in [4.78, 5) is 20.7. The molecular weight excluding hydrogens is 490 g/mol. The van der Waals surface area contributed by atoms with Gasteiger partial charge in [-0.3, -0.25) is 4.79 Å². The Morgan fingerprint density at radius 1 is 0.943 bits per heavy atom. The highest BCUT2D eigenvalue weighted by molar-refractivity contribution is 7.89. The van der Waals surface area contributed by atoms with Crippen molar-refractivity contribution in [2.75, 3.05) is 44.3 Å². The average molecular weight is 524 g/mol. The van der Waals surface area contributed by atoms with Crippen molar-refractivity contribution < 1.29 is 21.6 Å². The minimum Gasteiger partial charge on any atom is -0.338 e. The van der Waals surface area contributed by atoms with Gasteiger partial charge in [0.25, 0.3) is 0 Å². The normalized spacial score (nSPS) is 15.7. The number of anilines is 1. The molecule has 0 unspecified atom stereocenters. The molecule has 1 aliphatic rings. The van der Waals surface area contributed by atoms with Crippen LogP contribution in [0, 0.1) is 0 Å². The summed E-state index contributed by atoms with van der Waals surface area (Å²) in [5, 5.41) is 0.883. The molecule has 1 saturated heterocycles. The first-order chi connectivity index (χ1) is 16.3. The predicted molar refractivity (Wildman–Crippen MR) is 137 cm³/mol. The molecule has 1 amide bonds. The van der Waals surface area contributed by atoms with E-state index in [1.54, 1.807) is 43.1 Å². The van der Waals surface area contributed by atoms with Crippen molar-refractivity contribution >= 4 is 31.6 Å². The molecule has 1 heterocycles. The number of rotatable bonds is 10. The Kier molecular flexibility index (Phi) is 8.54. The second kappa shape index (κ2) is 11.0. The van der Waals surface area contributed by atoms with Crippen molar-refractivity contribution in [2.45, 2.75) is 25.8 Å². The molecule has 1 atom stereocenters. The van der Waals surface area contributed by atoms with Gasteiger partial charge in [-0.2, -0.15) is 0 Å². The first-order valence-corrected chi connectivity index (χ1v) is 15.0. The van der Waals surface area contributed by atoms with Crippen LogP contribution < -0.4 is 14.8 Å². The zero-order valence-corrected chi connectivity index (χ0v) is 22.1. The molecule has 1 fully saturated rings. The second-order valence-electron chi connectivity index (χ2n) is 8.85. The summed E-state index contributed by atoms with van der Waals surface area (Å²) in [6.45, 7) is 4.34. The molecule has 0 spiro atoms. The maximum Gasteiger partial charge on any atom is 0.226 e. The van der Waals surface area contributed by atoms with Crippen LogP contribution in [0.25, 0.3) is 11.1 Å². The Hall–Kier alpha value is -2.51. The van der Waals surface area contributed by atoms with Gasteiger partial charge in [0.05, 0.1) is 24.2 Å². The van der Waals surface area contributed by atoms with E-state index < -0.39 is 20.0 Å². The van der Waals surface area contributed by atoms with E-state index >= 15 is 0 Å². The summed E-state index contributed by atoms with van der Waals surface area (Å²) >= 11 is 0. The van der Waals surface area contributed by atoms with Crippen LogP contribution in [0.2, 0.25) is 0 Å². The van der Waals surface area contributed by atoms with Crippen molar-refractivity contribution in [3.63, 3.8) is 0 Å². The van der Waals surface area contributed by atoms with Gasteiger partial charge in [-0.25, -0.2) is 22.0 Å². The third-order valence-corrected chi connectivity index (χ3v) is 6.89. The molecule has 0 aliphatic carbocycles. The van der Waals surface area contributed by atoms with Gasteiger partial charge in [0, 0.05) is 26.1 Å². The summed E-state index contributed by atoms with van der Waals surface area (Å²) < 4.78 is 47.6. The van der Waals surface area contributed by atoms with Gasteiger partial charge in [0.15, 0.2) is 0 Å². The summed E-state index contributed by atoms with van der Waals surface area (Å²) in [6.07, 6.45) is 4.19. The molecule has 2 aromatic carbocycles. The number of nitrogens with one attached hydrogen (secondary N) is 2. The fourth-order valence-electron chi connectivity index (χ4n) is 4.13. The maximum atomic E-state index is 12.2. The SMILES string of the molecule is CC(=O)N(C)[C@H](CN1CCCC1)c1ccc(-c2ccccc2N(NS(C)(=O)=O)NS(C)(=O)=O)cc1. The number of carbonyl (C=O) groups excluding carboxylic acids is 1. The van der Waals surface area contributed by atoms with Crippen LogP contribution in [0.1, 0.15) is 31.4 Å². The Morgan fingerprint density at radius 3 is 2.00 bits per heavy atom. The highest BCUT2D eigenvalue weighted by atomic mass is 32.2. The number of carbonyl (C=O) groups is 1. The van der Waals surface area contributed by atoms with E-state index in [-0.39, 0.29) is 11.9 Å². The molecule has 0 saturated carbocycles. The van der Waals surface area contributed by atoms with E-state index in [2.05, 4.69) is 14.6 Å². The van der Waals surface area contributed by atoms with Crippen molar-refractivity contribution in [1.82, 2.24) is 19.5 Å². The maximum absolute atomic E-state index is 12.2. The third kappa shape index (κ3) is 7.74. The molecule has 2 N–H and O–H groups in total. The minimum absolute atomic E-state index is 0.0158. The van der Waals surface area contributed by atoms with Crippen LogP contribution in [0.3, 0.4) is 0 Å². The van der Waals surface area contributed by atoms with Crippen molar-refractivity contribution in [1.29, 1.82) is 0 Å². The van der Waals surface area contributed by atoms with Crippen molar-refractivity contribution in [2.24, 2.45) is 0 Å². The molecule has 0 radical (unpaired) electrons. The molecular formula is C23H33N5O5S2. The molecule has 0 bridgehead atoms. The minimum atomic E-state index is -3.78. The van der Waals surface area contributed by atoms with Crippen LogP contribution in [0.15, 0.2) is 48.5 Å². The Bertz CT molecular complexity index is 1210. The van der Waals surface area contributed by atoms with E-state index in [0.717, 1.165) is 61.2 Å². The quantitative estimate of drug-likeness (QED) is 0.455. The number of nitrogens with zero attached hydrogens (tertiary/aromatic N) is 3. The molecule has 192 valence electrons. The van der Waals surface area contributed by atoms with E-state index in [1.807, 2.05) is 24.3 Å². The lowest BCUT2D eigenvalue weighted by molar-refractivity contribution is -0.130. The highest BCUT2D eigenvalue weighted by Crippen LogP contribution is 2.32. The number of para-hydroxylation sites is 1. The van der Waals surface area contributed by atoms with Crippen LogP contribution in [-0.2, 0) is 24.8 Å². The predicted octanol–water partition coefficient (Wildman–Crippen LogP) is 1.70. The molecule has 1 aliphatic heterocycles. The fourth-order valence-corrected chi connectivity index (χ4v) is 5.14. The van der Waals surface area contributed by atoms with Crippen LogP contribution in [-0.4, -0.2) is 71.7 Å². The topological polar surface area (TPSA) is 119 Å². The van der Waals surface area contributed by atoms with Gasteiger partial charge < -0.3 is 9.80 Å². The lowest BCUT2D eigenvalue weighted by atomic mass is 9.98. The number of sulfonamides is 2. The second-order valence-corrected chi connectivity index (χ2v) is 12.3. The molecule has 2 aromatic rings. The van der Waals surface area contributed by atoms with Crippen molar-refractivity contribution in [3.05, 3.63) is 54.1 Å². The largest absolute Gasteiger partial charge is 0.338 e. The molecule has 35 heavy (non-hydrogen) atoms. The molecule has 0 aromatic heterocycles. The number of hydrazine groups is 2. The van der Waals surface area contributed by atoms with Gasteiger partial charge in [0.2, 0.25) is 26.0 Å². The fraction of sp³-hybridized carbons (Fsp3) is 0.435. The smallest absolute Gasteiger partial charge is 0.226 e. The van der Waals surface area contributed by atoms with Crippen LogP contribution in [0.5, 0.6) is 0 Å². The van der Waals surface area contributed by atoms with Gasteiger partial charge >= 0.3 is 0 Å². The zero-order valence-electron chi connectivity index (χ0n) is 20.4. The number of hydrogen-bond donors (Lipinski definition) is 2. The summed E-state index contributed by atoms with van der Waals surface area (Å²) in [6, 6.07) is 14.4. The van der Waals surface area contributed by atoms with E-state index in [9.17, 15) is 21.6 Å². The van der Waals surface area contributed by atoms with Crippen molar-refractivity contribution in [3.8, 4) is 11.1 Å². The number of amides is 1. The lowest BCUT2D eigenvalue weighted by Crippen LogP contribution is -2.52. The summed E-state index contributed by atoms with van der Waals surface area (Å²) in [5.41, 5.74) is 2.66. The lowest BCUT2D eigenvalue weighted by Gasteiger charge is -2.31. The summed E-state index contributed by atoms with van der Waals surface area (Å²) in [5.74, 6) is -0.0158. The molecule has 10 nitrogen and oxygen atoms in total. The third-order valence-electron chi connectivity index (χ3n) is 5.86. The van der Waals surface area contributed by atoms with E-state index in [1.165, 1.54) is 0 Å². The van der Waals surface area contributed by atoms with Gasteiger partial charge in [0.1, 0.15) is 0 Å². The number of likely N-dealkylation sites (N-methyl/N-ethyl adjacent to an activating group) is 1. The van der Waals surface area contributed by atoms with Gasteiger partial charge in [-0.1, -0.05) is 42.5 Å². The Balaban J connectivity index is 1.97. The van der Waals surface area contributed by atoms with Gasteiger partial charge in [-0.05, 0) is 43.1 Å². The standard InChI is InChI=1S/C23H33N5O5S2/c1-18(29)26(2)23(17-27-15-7-8-16-27)20-13-11-19(12-14-20)21-9-5-6-10-22(21)28(24-34(3,30)31)25-35(4,32)33/h5-6,9-14,23-25H,7-8,15-17H2,1-4H3/t23-/m1/s1. The number of likely N-dealkylation sites (tertiary alicyclic amines) is 1. The van der Waals surface area contributed by atoms with Gasteiger partial charge in [-0.15, -0.1) is 9.66 Å². The first kappa shape index (κ1) is 27.1.